The highest BCUT2D eigenvalue weighted by atomic mass is 16.7. The van der Waals surface area contributed by atoms with Crippen LogP contribution in [0.5, 0.6) is 0 Å². The van der Waals surface area contributed by atoms with E-state index in [2.05, 4.69) is 0 Å². The standard InChI is InChI=1S/C13H22O3/c1-2-11(1)9-14-10-12-3-5-13(6-4-12)15-7-8-16-13/h11-12H,1-10H2. The van der Waals surface area contributed by atoms with Gasteiger partial charge in [-0.15, -0.1) is 0 Å². The normalized spacial score (nSPS) is 30.0. The summed E-state index contributed by atoms with van der Waals surface area (Å²) in [7, 11) is 0. The minimum absolute atomic E-state index is 0.201. The summed E-state index contributed by atoms with van der Waals surface area (Å²) in [5.41, 5.74) is 0. The summed E-state index contributed by atoms with van der Waals surface area (Å²) in [5, 5.41) is 0. The van der Waals surface area contributed by atoms with Gasteiger partial charge in [-0.2, -0.15) is 0 Å². The minimum atomic E-state index is -0.201. The average Bonchev–Trinajstić information content (AvgIpc) is 3.02. The van der Waals surface area contributed by atoms with E-state index in [-0.39, 0.29) is 5.79 Å². The molecular weight excluding hydrogens is 204 g/mol. The summed E-state index contributed by atoms with van der Waals surface area (Å²) < 4.78 is 17.2. The molecule has 1 spiro atoms. The lowest BCUT2D eigenvalue weighted by Crippen LogP contribution is -2.36. The molecule has 3 nitrogen and oxygen atoms in total. The van der Waals surface area contributed by atoms with Crippen molar-refractivity contribution in [3.8, 4) is 0 Å². The van der Waals surface area contributed by atoms with Crippen LogP contribution in [-0.4, -0.2) is 32.2 Å². The van der Waals surface area contributed by atoms with Gasteiger partial charge >= 0.3 is 0 Å². The molecule has 0 aromatic rings. The first-order valence-electron chi connectivity index (χ1n) is 6.72. The predicted octanol–water partition coefficient (Wildman–Crippen LogP) is 2.35. The van der Waals surface area contributed by atoms with Gasteiger partial charge in [-0.1, -0.05) is 0 Å². The van der Waals surface area contributed by atoms with Crippen molar-refractivity contribution in [1.82, 2.24) is 0 Å². The number of hydrogen-bond donors (Lipinski definition) is 0. The summed E-state index contributed by atoms with van der Waals surface area (Å²) in [4.78, 5) is 0. The molecule has 0 atom stereocenters. The Hall–Kier alpha value is -0.120. The molecule has 3 aliphatic rings. The fraction of sp³-hybridized carbons (Fsp3) is 1.00. The molecule has 0 N–H and O–H groups in total. The smallest absolute Gasteiger partial charge is 0.168 e. The molecule has 16 heavy (non-hydrogen) atoms. The second-order valence-electron chi connectivity index (χ2n) is 5.53. The average molecular weight is 226 g/mol. The lowest BCUT2D eigenvalue weighted by Gasteiger charge is -2.35. The highest BCUT2D eigenvalue weighted by Gasteiger charge is 2.40. The summed E-state index contributed by atoms with van der Waals surface area (Å²) in [6.45, 7) is 3.51. The molecule has 92 valence electrons. The fourth-order valence-corrected chi connectivity index (χ4v) is 2.76. The molecule has 1 heterocycles. The Bertz CT molecular complexity index is 221. The van der Waals surface area contributed by atoms with Gasteiger partial charge in [0.1, 0.15) is 0 Å². The highest BCUT2D eigenvalue weighted by molar-refractivity contribution is 4.82. The van der Waals surface area contributed by atoms with Crippen molar-refractivity contribution in [2.45, 2.75) is 44.3 Å². The zero-order valence-electron chi connectivity index (χ0n) is 9.95. The van der Waals surface area contributed by atoms with E-state index in [1.54, 1.807) is 0 Å². The number of hydrogen-bond acceptors (Lipinski definition) is 3. The maximum absolute atomic E-state index is 5.77. The van der Waals surface area contributed by atoms with E-state index in [4.69, 9.17) is 14.2 Å². The fourth-order valence-electron chi connectivity index (χ4n) is 2.76. The van der Waals surface area contributed by atoms with Crippen LogP contribution in [0.25, 0.3) is 0 Å². The van der Waals surface area contributed by atoms with E-state index in [1.165, 1.54) is 25.7 Å². The predicted molar refractivity (Wildman–Crippen MR) is 60.1 cm³/mol. The Labute approximate surface area is 97.4 Å². The minimum Gasteiger partial charge on any atom is -0.381 e. The number of rotatable bonds is 4. The van der Waals surface area contributed by atoms with E-state index < -0.39 is 0 Å². The first kappa shape index (κ1) is 11.0. The van der Waals surface area contributed by atoms with Crippen LogP contribution in [0.15, 0.2) is 0 Å². The van der Waals surface area contributed by atoms with Crippen LogP contribution in [0.3, 0.4) is 0 Å². The second-order valence-corrected chi connectivity index (χ2v) is 5.53. The Morgan fingerprint density at radius 3 is 2.00 bits per heavy atom. The van der Waals surface area contributed by atoms with Gasteiger partial charge < -0.3 is 14.2 Å². The third-order valence-electron chi connectivity index (χ3n) is 4.08. The zero-order chi connectivity index (χ0) is 10.8. The van der Waals surface area contributed by atoms with Gasteiger partial charge in [-0.25, -0.2) is 0 Å². The van der Waals surface area contributed by atoms with Crippen molar-refractivity contribution >= 4 is 0 Å². The molecular formula is C13H22O3. The van der Waals surface area contributed by atoms with E-state index in [0.29, 0.717) is 0 Å². The topological polar surface area (TPSA) is 27.7 Å². The zero-order valence-corrected chi connectivity index (χ0v) is 9.95. The maximum atomic E-state index is 5.77. The van der Waals surface area contributed by atoms with Crippen molar-refractivity contribution in [2.75, 3.05) is 26.4 Å². The van der Waals surface area contributed by atoms with Gasteiger partial charge in [0, 0.05) is 26.1 Å². The van der Waals surface area contributed by atoms with Gasteiger partial charge in [-0.05, 0) is 37.5 Å². The van der Waals surface area contributed by atoms with Gasteiger partial charge in [0.25, 0.3) is 0 Å². The first-order chi connectivity index (χ1) is 7.86. The summed E-state index contributed by atoms with van der Waals surface area (Å²) in [6, 6.07) is 0. The molecule has 2 aliphatic carbocycles. The van der Waals surface area contributed by atoms with Crippen LogP contribution in [0, 0.1) is 11.8 Å². The Morgan fingerprint density at radius 2 is 1.44 bits per heavy atom. The van der Waals surface area contributed by atoms with Crippen molar-refractivity contribution in [3.63, 3.8) is 0 Å². The summed E-state index contributed by atoms with van der Waals surface area (Å²) in [6.07, 6.45) is 7.29. The van der Waals surface area contributed by atoms with Crippen LogP contribution in [0.4, 0.5) is 0 Å². The van der Waals surface area contributed by atoms with Gasteiger partial charge in [0.15, 0.2) is 5.79 Å². The number of ether oxygens (including phenoxy) is 3. The summed E-state index contributed by atoms with van der Waals surface area (Å²) >= 11 is 0. The SMILES string of the molecule is C1COC2(CCC(COCC3CC3)CC2)O1. The molecule has 0 radical (unpaired) electrons. The third-order valence-corrected chi connectivity index (χ3v) is 4.08. The largest absolute Gasteiger partial charge is 0.381 e. The first-order valence-corrected chi connectivity index (χ1v) is 6.72. The van der Waals surface area contributed by atoms with E-state index in [1.807, 2.05) is 0 Å². The van der Waals surface area contributed by atoms with Crippen LogP contribution in [-0.2, 0) is 14.2 Å². The molecule has 0 unspecified atom stereocenters. The van der Waals surface area contributed by atoms with E-state index in [0.717, 1.165) is 51.1 Å². The quantitative estimate of drug-likeness (QED) is 0.736. The van der Waals surface area contributed by atoms with Crippen molar-refractivity contribution in [2.24, 2.45) is 11.8 Å². The molecule has 1 aliphatic heterocycles. The van der Waals surface area contributed by atoms with Gasteiger partial charge in [0.05, 0.1) is 13.2 Å². The van der Waals surface area contributed by atoms with Crippen LogP contribution >= 0.6 is 0 Å². The lowest BCUT2D eigenvalue weighted by atomic mass is 9.85. The maximum Gasteiger partial charge on any atom is 0.168 e. The summed E-state index contributed by atoms with van der Waals surface area (Å²) in [5.74, 6) is 1.42. The molecule has 3 fully saturated rings. The molecule has 0 aromatic heterocycles. The molecule has 0 aromatic carbocycles. The van der Waals surface area contributed by atoms with Crippen LogP contribution in [0.2, 0.25) is 0 Å². The van der Waals surface area contributed by atoms with E-state index >= 15 is 0 Å². The van der Waals surface area contributed by atoms with E-state index in [9.17, 15) is 0 Å². The van der Waals surface area contributed by atoms with Crippen molar-refractivity contribution in [3.05, 3.63) is 0 Å². The molecule has 0 bridgehead atoms. The third kappa shape index (κ3) is 2.58. The van der Waals surface area contributed by atoms with Crippen LogP contribution in [0.1, 0.15) is 38.5 Å². The Balaban J connectivity index is 1.36. The van der Waals surface area contributed by atoms with Gasteiger partial charge in [0.2, 0.25) is 0 Å². The van der Waals surface area contributed by atoms with Gasteiger partial charge in [-0.3, -0.25) is 0 Å². The molecule has 3 rings (SSSR count). The van der Waals surface area contributed by atoms with Crippen LogP contribution < -0.4 is 0 Å². The van der Waals surface area contributed by atoms with Crippen molar-refractivity contribution < 1.29 is 14.2 Å². The molecule has 0 amide bonds. The highest BCUT2D eigenvalue weighted by Crippen LogP contribution is 2.38. The Morgan fingerprint density at radius 1 is 0.875 bits per heavy atom. The lowest BCUT2D eigenvalue weighted by molar-refractivity contribution is -0.184. The molecule has 2 saturated carbocycles. The van der Waals surface area contributed by atoms with Crippen molar-refractivity contribution in [1.29, 1.82) is 0 Å². The second kappa shape index (κ2) is 4.63. The monoisotopic (exact) mass is 226 g/mol. The molecule has 3 heteroatoms. The Kier molecular flexibility index (Phi) is 3.18. The molecule has 1 saturated heterocycles.